The van der Waals surface area contributed by atoms with E-state index in [1.54, 1.807) is 60.7 Å². The van der Waals surface area contributed by atoms with Crippen LogP contribution in [-0.2, 0) is 4.79 Å². The number of rotatable bonds is 4. The topological polar surface area (TPSA) is 83.8 Å². The Hall–Kier alpha value is -3.60. The highest BCUT2D eigenvalue weighted by atomic mass is 16.4. The van der Waals surface area contributed by atoms with Crippen LogP contribution in [0, 0.1) is 0 Å². The minimum absolute atomic E-state index is 0.118. The number of benzene rings is 2. The maximum atomic E-state index is 12.9. The fraction of sp³-hybridized carbons (Fsp3) is 0. The molecule has 0 amide bonds. The van der Waals surface area contributed by atoms with Crippen LogP contribution < -0.4 is 0 Å². The van der Waals surface area contributed by atoms with Gasteiger partial charge in [0.05, 0.1) is 11.1 Å². The largest absolute Gasteiger partial charge is 0.410 e. The molecule has 5 heteroatoms. The Kier molecular flexibility index (Phi) is 4.48. The molecule has 1 aliphatic rings. The lowest BCUT2D eigenvalue weighted by molar-refractivity contribution is -0.111. The predicted molar refractivity (Wildman–Crippen MR) is 91.9 cm³/mol. The van der Waals surface area contributed by atoms with Crippen LogP contribution >= 0.6 is 0 Å². The van der Waals surface area contributed by atoms with Crippen LogP contribution in [0.5, 0.6) is 0 Å². The SMILES string of the molecule is O=C1C=CC(=NO)C(C(=O)c2ccccc2)=C1C(=O)c1ccccc1. The third kappa shape index (κ3) is 3.07. The Bertz CT molecular complexity index is 938. The average Bonchev–Trinajstić information content (AvgIpc) is 2.68. The minimum atomic E-state index is -0.597. The van der Waals surface area contributed by atoms with Crippen LogP contribution in [0.4, 0.5) is 0 Å². The normalized spacial score (nSPS) is 15.5. The van der Waals surface area contributed by atoms with Gasteiger partial charge in [0.2, 0.25) is 0 Å². The molecule has 0 spiro atoms. The number of oxime groups is 1. The van der Waals surface area contributed by atoms with Crippen molar-refractivity contribution in [1.82, 2.24) is 0 Å². The Labute approximate surface area is 143 Å². The molecule has 3 rings (SSSR count). The van der Waals surface area contributed by atoms with Gasteiger partial charge in [0.1, 0.15) is 5.71 Å². The third-order valence-corrected chi connectivity index (χ3v) is 3.78. The van der Waals surface area contributed by atoms with Crippen molar-refractivity contribution < 1.29 is 19.6 Å². The predicted octanol–water partition coefficient (Wildman–Crippen LogP) is 3.02. The van der Waals surface area contributed by atoms with E-state index in [-0.39, 0.29) is 22.4 Å². The van der Waals surface area contributed by atoms with E-state index in [1.807, 2.05) is 0 Å². The van der Waals surface area contributed by atoms with Gasteiger partial charge in [-0.05, 0) is 12.2 Å². The van der Waals surface area contributed by atoms with Crippen molar-refractivity contribution in [2.75, 3.05) is 0 Å². The van der Waals surface area contributed by atoms with Crippen molar-refractivity contribution >= 4 is 23.1 Å². The first-order valence-electron chi connectivity index (χ1n) is 7.52. The highest BCUT2D eigenvalue weighted by Crippen LogP contribution is 2.23. The second kappa shape index (κ2) is 6.88. The van der Waals surface area contributed by atoms with Crippen molar-refractivity contribution in [3.8, 4) is 0 Å². The molecule has 1 aliphatic carbocycles. The molecular formula is C20H13NO4. The molecule has 0 fully saturated rings. The lowest BCUT2D eigenvalue weighted by Gasteiger charge is -2.15. The van der Waals surface area contributed by atoms with E-state index >= 15 is 0 Å². The summed E-state index contributed by atoms with van der Waals surface area (Å²) in [6.07, 6.45) is 2.34. The monoisotopic (exact) mass is 331 g/mol. The highest BCUT2D eigenvalue weighted by Gasteiger charge is 2.32. The van der Waals surface area contributed by atoms with Gasteiger partial charge in [0, 0.05) is 11.1 Å². The zero-order valence-electron chi connectivity index (χ0n) is 13.0. The van der Waals surface area contributed by atoms with Gasteiger partial charge < -0.3 is 5.21 Å². The van der Waals surface area contributed by atoms with E-state index < -0.39 is 17.3 Å². The summed E-state index contributed by atoms with van der Waals surface area (Å²) in [5, 5.41) is 12.3. The first-order valence-corrected chi connectivity index (χ1v) is 7.52. The van der Waals surface area contributed by atoms with Crippen molar-refractivity contribution in [3.63, 3.8) is 0 Å². The molecule has 2 aromatic carbocycles. The number of nitrogens with zero attached hydrogens (tertiary/aromatic N) is 1. The number of hydrogen-bond acceptors (Lipinski definition) is 5. The Morgan fingerprint density at radius 1 is 0.720 bits per heavy atom. The molecule has 0 unspecified atom stereocenters. The van der Waals surface area contributed by atoms with Crippen LogP contribution in [0.1, 0.15) is 20.7 Å². The van der Waals surface area contributed by atoms with Crippen molar-refractivity contribution in [2.24, 2.45) is 5.16 Å². The second-order valence-electron chi connectivity index (χ2n) is 5.32. The van der Waals surface area contributed by atoms with Crippen LogP contribution in [0.2, 0.25) is 0 Å². The van der Waals surface area contributed by atoms with Crippen molar-refractivity contribution in [3.05, 3.63) is 95.1 Å². The summed E-state index contributed by atoms with van der Waals surface area (Å²) >= 11 is 0. The number of Topliss-reactive ketones (excluding diaryl/α,β-unsaturated/α-hetero) is 2. The van der Waals surface area contributed by atoms with Gasteiger partial charge in [0.15, 0.2) is 17.3 Å². The molecule has 1 N–H and O–H groups in total. The molecule has 2 aromatic rings. The second-order valence-corrected chi connectivity index (χ2v) is 5.32. The van der Waals surface area contributed by atoms with Crippen LogP contribution in [0.15, 0.2) is 89.1 Å². The molecule has 25 heavy (non-hydrogen) atoms. The number of carbonyl (C=O) groups is 3. The molecule has 0 atom stereocenters. The summed E-state index contributed by atoms with van der Waals surface area (Å²) in [6.45, 7) is 0. The summed E-state index contributed by atoms with van der Waals surface area (Å²) in [5.74, 6) is -1.73. The zero-order chi connectivity index (χ0) is 17.8. The maximum Gasteiger partial charge on any atom is 0.197 e. The summed E-state index contributed by atoms with van der Waals surface area (Å²) in [5.41, 5.74) is -0.0462. The molecule has 0 bridgehead atoms. The molecule has 0 heterocycles. The van der Waals surface area contributed by atoms with E-state index in [4.69, 9.17) is 0 Å². The zero-order valence-corrected chi connectivity index (χ0v) is 13.0. The number of carbonyl (C=O) groups excluding carboxylic acids is 3. The van der Waals surface area contributed by atoms with Crippen LogP contribution in [0.25, 0.3) is 0 Å². The van der Waals surface area contributed by atoms with Gasteiger partial charge in [0.25, 0.3) is 0 Å². The molecule has 0 aliphatic heterocycles. The molecule has 5 nitrogen and oxygen atoms in total. The molecule has 0 saturated carbocycles. The van der Waals surface area contributed by atoms with Crippen molar-refractivity contribution in [2.45, 2.75) is 0 Å². The number of ketones is 3. The molecule has 0 aromatic heterocycles. The van der Waals surface area contributed by atoms with Crippen LogP contribution in [0.3, 0.4) is 0 Å². The molecule has 0 radical (unpaired) electrons. The van der Waals surface area contributed by atoms with E-state index in [0.717, 1.165) is 6.08 Å². The van der Waals surface area contributed by atoms with Crippen molar-refractivity contribution in [1.29, 1.82) is 0 Å². The lowest BCUT2D eigenvalue weighted by atomic mass is 9.85. The standard InChI is InChI=1S/C20H13NO4/c22-16-12-11-15(21-25)17(19(23)13-7-3-1-4-8-13)18(16)20(24)14-9-5-2-6-10-14/h1-12,25H. The maximum absolute atomic E-state index is 12.9. The average molecular weight is 331 g/mol. The number of hydrogen-bond donors (Lipinski definition) is 1. The fourth-order valence-electron chi connectivity index (χ4n) is 2.58. The Balaban J connectivity index is 2.20. The highest BCUT2D eigenvalue weighted by molar-refractivity contribution is 6.44. The van der Waals surface area contributed by atoms with Gasteiger partial charge >= 0.3 is 0 Å². The van der Waals surface area contributed by atoms with Crippen LogP contribution in [-0.4, -0.2) is 28.3 Å². The summed E-state index contributed by atoms with van der Waals surface area (Å²) in [7, 11) is 0. The molecule has 0 saturated heterocycles. The smallest absolute Gasteiger partial charge is 0.197 e. The quantitative estimate of drug-likeness (QED) is 0.307. The van der Waals surface area contributed by atoms with Gasteiger partial charge in [-0.3, -0.25) is 14.4 Å². The van der Waals surface area contributed by atoms with Gasteiger partial charge in [-0.15, -0.1) is 0 Å². The van der Waals surface area contributed by atoms with E-state index in [1.165, 1.54) is 6.08 Å². The third-order valence-electron chi connectivity index (χ3n) is 3.78. The van der Waals surface area contributed by atoms with Gasteiger partial charge in [-0.25, -0.2) is 0 Å². The minimum Gasteiger partial charge on any atom is -0.410 e. The Morgan fingerprint density at radius 3 is 1.68 bits per heavy atom. The van der Waals surface area contributed by atoms with E-state index in [9.17, 15) is 19.6 Å². The summed E-state index contributed by atoms with van der Waals surface area (Å²) in [6, 6.07) is 16.4. The van der Waals surface area contributed by atoms with E-state index in [0.29, 0.717) is 5.56 Å². The molecular weight excluding hydrogens is 318 g/mol. The van der Waals surface area contributed by atoms with Gasteiger partial charge in [-0.2, -0.15) is 0 Å². The first kappa shape index (κ1) is 16.3. The fourth-order valence-corrected chi connectivity index (χ4v) is 2.58. The van der Waals surface area contributed by atoms with Gasteiger partial charge in [-0.1, -0.05) is 65.8 Å². The molecule has 122 valence electrons. The Morgan fingerprint density at radius 2 is 1.20 bits per heavy atom. The first-order chi connectivity index (χ1) is 12.1. The van der Waals surface area contributed by atoms with E-state index in [2.05, 4.69) is 5.16 Å². The summed E-state index contributed by atoms with van der Waals surface area (Å²) < 4.78 is 0. The summed E-state index contributed by atoms with van der Waals surface area (Å²) in [4.78, 5) is 38.1. The number of allylic oxidation sites excluding steroid dienone is 4. The lowest BCUT2D eigenvalue weighted by Crippen LogP contribution is -2.26.